The molecular weight excluding hydrogens is 272 g/mol. The van der Waals surface area contributed by atoms with E-state index in [-0.39, 0.29) is 12.3 Å². The Bertz CT molecular complexity index is 633. The summed E-state index contributed by atoms with van der Waals surface area (Å²) >= 11 is 0. The van der Waals surface area contributed by atoms with Crippen LogP contribution >= 0.6 is 0 Å². The van der Waals surface area contributed by atoms with Crippen molar-refractivity contribution in [2.75, 3.05) is 12.1 Å². The Hall–Kier alpha value is -2.28. The van der Waals surface area contributed by atoms with Crippen LogP contribution < -0.4 is 20.1 Å². The zero-order valence-electron chi connectivity index (χ0n) is 12.3. The molecule has 0 aliphatic carbocycles. The van der Waals surface area contributed by atoms with Crippen molar-refractivity contribution < 1.29 is 13.9 Å². The normalized spacial score (nSPS) is 13.5. The molecule has 0 saturated heterocycles. The fourth-order valence-corrected chi connectivity index (χ4v) is 1.81. The van der Waals surface area contributed by atoms with Gasteiger partial charge in [0.1, 0.15) is 0 Å². The molecule has 0 atom stereocenters. The third-order valence-corrected chi connectivity index (χ3v) is 2.86. The summed E-state index contributed by atoms with van der Waals surface area (Å²) in [4.78, 5) is 0. The molecular formula is C14H18N4O3. The van der Waals surface area contributed by atoms with Gasteiger partial charge in [-0.2, -0.15) is 0 Å². The van der Waals surface area contributed by atoms with Gasteiger partial charge in [-0.05, 0) is 32.9 Å². The number of hydrogen-bond donors (Lipinski definition) is 2. The summed E-state index contributed by atoms with van der Waals surface area (Å²) in [6, 6.07) is 5.88. The van der Waals surface area contributed by atoms with Gasteiger partial charge in [0.2, 0.25) is 12.7 Å². The number of rotatable bonds is 4. The molecule has 0 radical (unpaired) electrons. The SMILES string of the molecule is CC(C)(C)NCc1nnc(Nc2ccc3c(c2)OCO3)o1. The van der Waals surface area contributed by atoms with Crippen LogP contribution in [0.25, 0.3) is 0 Å². The number of ether oxygens (including phenoxy) is 2. The topological polar surface area (TPSA) is 81.4 Å². The Balaban J connectivity index is 1.64. The van der Waals surface area contributed by atoms with Crippen LogP contribution in [0.2, 0.25) is 0 Å². The maximum absolute atomic E-state index is 5.53. The zero-order chi connectivity index (χ0) is 14.9. The molecule has 2 aromatic rings. The average Bonchev–Trinajstić information content (AvgIpc) is 3.04. The zero-order valence-corrected chi connectivity index (χ0v) is 12.3. The summed E-state index contributed by atoms with van der Waals surface area (Å²) in [6.45, 7) is 7.01. The van der Waals surface area contributed by atoms with Crippen LogP contribution in [0, 0.1) is 0 Å². The molecule has 1 aromatic carbocycles. The summed E-state index contributed by atoms with van der Waals surface area (Å²) in [6.07, 6.45) is 0. The number of benzene rings is 1. The van der Waals surface area contributed by atoms with Crippen LogP contribution in [0.1, 0.15) is 26.7 Å². The minimum absolute atomic E-state index is 0.000610. The highest BCUT2D eigenvalue weighted by Crippen LogP contribution is 2.34. The summed E-state index contributed by atoms with van der Waals surface area (Å²) < 4.78 is 16.1. The Labute approximate surface area is 122 Å². The van der Waals surface area contributed by atoms with Gasteiger partial charge in [-0.25, -0.2) is 0 Å². The van der Waals surface area contributed by atoms with E-state index in [1.807, 2.05) is 18.2 Å². The molecule has 2 N–H and O–H groups in total. The highest BCUT2D eigenvalue weighted by molar-refractivity contribution is 5.59. The predicted octanol–water partition coefficient (Wildman–Crippen LogP) is 2.43. The van der Waals surface area contributed by atoms with E-state index < -0.39 is 0 Å². The molecule has 0 bridgehead atoms. The lowest BCUT2D eigenvalue weighted by Gasteiger charge is -2.18. The van der Waals surface area contributed by atoms with E-state index >= 15 is 0 Å². The van der Waals surface area contributed by atoms with Gasteiger partial charge in [-0.3, -0.25) is 0 Å². The number of fused-ring (bicyclic) bond motifs is 1. The van der Waals surface area contributed by atoms with Crippen molar-refractivity contribution in [1.82, 2.24) is 15.5 Å². The predicted molar refractivity (Wildman–Crippen MR) is 76.7 cm³/mol. The average molecular weight is 290 g/mol. The van der Waals surface area contributed by atoms with E-state index in [1.54, 1.807) is 0 Å². The van der Waals surface area contributed by atoms with E-state index in [9.17, 15) is 0 Å². The van der Waals surface area contributed by atoms with E-state index in [0.717, 1.165) is 11.4 Å². The van der Waals surface area contributed by atoms with Gasteiger partial charge in [0.25, 0.3) is 0 Å². The van der Waals surface area contributed by atoms with Crippen molar-refractivity contribution in [3.8, 4) is 11.5 Å². The summed E-state index contributed by atoms with van der Waals surface area (Å²) in [7, 11) is 0. The second-order valence-corrected chi connectivity index (χ2v) is 5.80. The maximum Gasteiger partial charge on any atom is 0.320 e. The maximum atomic E-state index is 5.53. The molecule has 112 valence electrons. The fraction of sp³-hybridized carbons (Fsp3) is 0.429. The van der Waals surface area contributed by atoms with Crippen LogP contribution in [-0.2, 0) is 6.54 Å². The minimum Gasteiger partial charge on any atom is -0.454 e. The highest BCUT2D eigenvalue weighted by Gasteiger charge is 2.15. The molecule has 2 heterocycles. The van der Waals surface area contributed by atoms with Gasteiger partial charge in [-0.15, -0.1) is 5.10 Å². The first kappa shape index (κ1) is 13.7. The molecule has 0 fully saturated rings. The van der Waals surface area contributed by atoms with Gasteiger partial charge < -0.3 is 24.5 Å². The quantitative estimate of drug-likeness (QED) is 0.894. The van der Waals surface area contributed by atoms with E-state index in [4.69, 9.17) is 13.9 Å². The van der Waals surface area contributed by atoms with Crippen molar-refractivity contribution in [3.05, 3.63) is 24.1 Å². The Morgan fingerprint density at radius 3 is 2.76 bits per heavy atom. The van der Waals surface area contributed by atoms with E-state index in [0.29, 0.717) is 24.2 Å². The molecule has 7 heteroatoms. The second kappa shape index (κ2) is 5.25. The molecule has 0 saturated carbocycles. The van der Waals surface area contributed by atoms with E-state index in [1.165, 1.54) is 0 Å². The summed E-state index contributed by atoms with van der Waals surface area (Å²) in [5.74, 6) is 1.98. The van der Waals surface area contributed by atoms with Crippen LogP contribution in [0.5, 0.6) is 11.5 Å². The van der Waals surface area contributed by atoms with Crippen molar-refractivity contribution in [2.24, 2.45) is 0 Å². The molecule has 21 heavy (non-hydrogen) atoms. The van der Waals surface area contributed by atoms with Crippen molar-refractivity contribution in [2.45, 2.75) is 32.9 Å². The standard InChI is InChI=1S/C14H18N4O3/c1-14(2,3)15-7-12-17-18-13(21-12)16-9-4-5-10-11(6-9)20-8-19-10/h4-6,15H,7-8H2,1-3H3,(H,16,18). The van der Waals surface area contributed by atoms with Gasteiger partial charge in [0, 0.05) is 17.3 Å². The highest BCUT2D eigenvalue weighted by atomic mass is 16.7. The largest absolute Gasteiger partial charge is 0.454 e. The summed E-state index contributed by atoms with van der Waals surface area (Å²) in [5, 5.41) is 14.3. The van der Waals surface area contributed by atoms with Crippen LogP contribution in [0.4, 0.5) is 11.7 Å². The molecule has 1 aliphatic heterocycles. The fourth-order valence-electron chi connectivity index (χ4n) is 1.81. The number of hydrogen-bond acceptors (Lipinski definition) is 7. The molecule has 7 nitrogen and oxygen atoms in total. The first-order valence-corrected chi connectivity index (χ1v) is 6.74. The van der Waals surface area contributed by atoms with E-state index in [2.05, 4.69) is 41.6 Å². The van der Waals surface area contributed by atoms with Crippen LogP contribution in [0.3, 0.4) is 0 Å². The van der Waals surface area contributed by atoms with Crippen LogP contribution in [0.15, 0.2) is 22.6 Å². The van der Waals surface area contributed by atoms with Crippen molar-refractivity contribution >= 4 is 11.7 Å². The lowest BCUT2D eigenvalue weighted by atomic mass is 10.1. The minimum atomic E-state index is -0.000610. The van der Waals surface area contributed by atoms with Crippen LogP contribution in [-0.4, -0.2) is 22.5 Å². The Morgan fingerprint density at radius 2 is 1.95 bits per heavy atom. The second-order valence-electron chi connectivity index (χ2n) is 5.80. The van der Waals surface area contributed by atoms with Crippen molar-refractivity contribution in [3.63, 3.8) is 0 Å². The molecule has 0 amide bonds. The van der Waals surface area contributed by atoms with Gasteiger partial charge in [0.05, 0.1) is 6.54 Å². The number of aromatic nitrogens is 2. The lowest BCUT2D eigenvalue weighted by Crippen LogP contribution is -2.35. The van der Waals surface area contributed by atoms with Gasteiger partial charge in [-0.1, -0.05) is 5.10 Å². The third kappa shape index (κ3) is 3.43. The Kier molecular flexibility index (Phi) is 3.42. The monoisotopic (exact) mass is 290 g/mol. The molecule has 1 aromatic heterocycles. The first-order valence-electron chi connectivity index (χ1n) is 6.74. The number of nitrogens with zero attached hydrogens (tertiary/aromatic N) is 2. The molecule has 0 spiro atoms. The third-order valence-electron chi connectivity index (χ3n) is 2.86. The number of nitrogens with one attached hydrogen (secondary N) is 2. The molecule has 3 rings (SSSR count). The summed E-state index contributed by atoms with van der Waals surface area (Å²) in [5.41, 5.74) is 0.803. The smallest absolute Gasteiger partial charge is 0.320 e. The van der Waals surface area contributed by atoms with Gasteiger partial charge in [0.15, 0.2) is 11.5 Å². The Morgan fingerprint density at radius 1 is 1.14 bits per heavy atom. The number of anilines is 2. The first-order chi connectivity index (χ1) is 9.99. The van der Waals surface area contributed by atoms with Crippen molar-refractivity contribution in [1.29, 1.82) is 0 Å². The lowest BCUT2D eigenvalue weighted by molar-refractivity contribution is 0.174. The molecule has 0 unspecified atom stereocenters. The molecule has 1 aliphatic rings. The van der Waals surface area contributed by atoms with Gasteiger partial charge >= 0.3 is 6.01 Å².